The second-order valence-corrected chi connectivity index (χ2v) is 3.45. The maximum atomic E-state index is 12.0. The van der Waals surface area contributed by atoms with Crippen LogP contribution in [0.2, 0.25) is 0 Å². The summed E-state index contributed by atoms with van der Waals surface area (Å²) < 4.78 is 12.0. The van der Waals surface area contributed by atoms with Gasteiger partial charge in [-0.2, -0.15) is 0 Å². The molecular weight excluding hydrogens is 177 g/mol. The number of nitrogens with one attached hydrogen (secondary N) is 1. The Morgan fingerprint density at radius 2 is 2.00 bits per heavy atom. The zero-order chi connectivity index (χ0) is 10.2. The van der Waals surface area contributed by atoms with E-state index in [9.17, 15) is 4.39 Å². The largest absolute Gasteiger partial charge is 0.382 e. The maximum Gasteiger partial charge on any atom is 0.0895 e. The molecule has 0 aromatic heterocycles. The predicted octanol–water partition coefficient (Wildman–Crippen LogP) is 3.63. The fourth-order valence-corrected chi connectivity index (χ4v) is 1.47. The first-order valence-corrected chi connectivity index (χ1v) is 5.24. The van der Waals surface area contributed by atoms with E-state index in [2.05, 4.69) is 12.2 Å². The van der Waals surface area contributed by atoms with Gasteiger partial charge < -0.3 is 5.32 Å². The van der Waals surface area contributed by atoms with E-state index in [4.69, 9.17) is 0 Å². The molecule has 0 saturated heterocycles. The van der Waals surface area contributed by atoms with Crippen molar-refractivity contribution in [1.29, 1.82) is 0 Å². The van der Waals surface area contributed by atoms with Gasteiger partial charge in [-0.15, -0.1) is 0 Å². The molecule has 1 aromatic rings. The van der Waals surface area contributed by atoms with Gasteiger partial charge in [0, 0.05) is 11.7 Å². The molecule has 0 fully saturated rings. The maximum absolute atomic E-state index is 12.0. The summed E-state index contributed by atoms with van der Waals surface area (Å²) in [5.41, 5.74) is 1.12. The van der Waals surface area contributed by atoms with Crippen molar-refractivity contribution >= 4 is 5.69 Å². The van der Waals surface area contributed by atoms with Crippen molar-refractivity contribution in [2.24, 2.45) is 0 Å². The van der Waals surface area contributed by atoms with E-state index in [0.717, 1.165) is 18.5 Å². The van der Waals surface area contributed by atoms with E-state index in [1.54, 1.807) is 0 Å². The standard InChI is InChI=1S/C12H18FN/c1-2-11(9-6-10-13)14-12-7-4-3-5-8-12/h3-5,7-8,11,14H,2,6,9-10H2,1H3. The molecule has 0 radical (unpaired) electrons. The molecule has 0 bridgehead atoms. The molecule has 0 aliphatic heterocycles. The van der Waals surface area contributed by atoms with Crippen molar-refractivity contribution in [2.75, 3.05) is 12.0 Å². The molecule has 14 heavy (non-hydrogen) atoms. The first kappa shape index (κ1) is 11.0. The SMILES string of the molecule is CCC(CCCF)Nc1ccccc1. The molecular formula is C12H18FN. The second-order valence-electron chi connectivity index (χ2n) is 3.45. The first-order chi connectivity index (χ1) is 6.86. The van der Waals surface area contributed by atoms with Crippen LogP contribution in [0.4, 0.5) is 10.1 Å². The lowest BCUT2D eigenvalue weighted by molar-refractivity contribution is 0.445. The molecule has 2 heteroatoms. The van der Waals surface area contributed by atoms with Crippen LogP contribution in [0.1, 0.15) is 26.2 Å². The smallest absolute Gasteiger partial charge is 0.0895 e. The van der Waals surface area contributed by atoms with Crippen LogP contribution in [0.3, 0.4) is 0 Å². The van der Waals surface area contributed by atoms with E-state index >= 15 is 0 Å². The number of hydrogen-bond acceptors (Lipinski definition) is 1. The Hall–Kier alpha value is -1.05. The van der Waals surface area contributed by atoms with Gasteiger partial charge in [0.25, 0.3) is 0 Å². The number of rotatable bonds is 6. The molecule has 0 saturated carbocycles. The molecule has 78 valence electrons. The zero-order valence-corrected chi connectivity index (χ0v) is 8.67. The van der Waals surface area contributed by atoms with E-state index in [1.807, 2.05) is 30.3 Å². The van der Waals surface area contributed by atoms with E-state index in [-0.39, 0.29) is 6.67 Å². The molecule has 0 heterocycles. The van der Waals surface area contributed by atoms with Gasteiger partial charge in [-0.1, -0.05) is 25.1 Å². The lowest BCUT2D eigenvalue weighted by Gasteiger charge is -2.17. The van der Waals surface area contributed by atoms with Gasteiger partial charge in [-0.05, 0) is 31.4 Å². The number of halogens is 1. The van der Waals surface area contributed by atoms with E-state index in [0.29, 0.717) is 12.5 Å². The van der Waals surface area contributed by atoms with Gasteiger partial charge in [0.05, 0.1) is 6.67 Å². The summed E-state index contributed by atoms with van der Waals surface area (Å²) >= 11 is 0. The molecule has 0 spiro atoms. The Kier molecular flexibility index (Phi) is 5.05. The van der Waals surface area contributed by atoms with Crippen LogP contribution in [-0.2, 0) is 0 Å². The first-order valence-electron chi connectivity index (χ1n) is 5.24. The quantitative estimate of drug-likeness (QED) is 0.731. The Morgan fingerprint density at radius 3 is 2.57 bits per heavy atom. The highest BCUT2D eigenvalue weighted by Crippen LogP contribution is 2.12. The molecule has 1 rings (SSSR count). The average Bonchev–Trinajstić information content (AvgIpc) is 2.25. The molecule has 0 amide bonds. The number of benzene rings is 1. The van der Waals surface area contributed by atoms with Crippen LogP contribution in [0, 0.1) is 0 Å². The Labute approximate surface area is 85.3 Å². The number of alkyl halides is 1. The van der Waals surface area contributed by atoms with Crippen molar-refractivity contribution in [1.82, 2.24) is 0 Å². The lowest BCUT2D eigenvalue weighted by atomic mass is 10.1. The molecule has 1 unspecified atom stereocenters. The molecule has 1 atom stereocenters. The van der Waals surface area contributed by atoms with Crippen LogP contribution >= 0.6 is 0 Å². The minimum Gasteiger partial charge on any atom is -0.382 e. The zero-order valence-electron chi connectivity index (χ0n) is 8.67. The summed E-state index contributed by atoms with van der Waals surface area (Å²) in [5, 5.41) is 3.40. The van der Waals surface area contributed by atoms with Gasteiger partial charge in [0.15, 0.2) is 0 Å². The van der Waals surface area contributed by atoms with Crippen molar-refractivity contribution in [3.05, 3.63) is 30.3 Å². The van der Waals surface area contributed by atoms with E-state index in [1.165, 1.54) is 0 Å². The summed E-state index contributed by atoms with van der Waals surface area (Å²) in [4.78, 5) is 0. The third-order valence-corrected chi connectivity index (χ3v) is 2.32. The molecule has 1 aromatic carbocycles. The van der Waals surface area contributed by atoms with Gasteiger partial charge in [-0.25, -0.2) is 0 Å². The normalized spacial score (nSPS) is 12.4. The number of anilines is 1. The Balaban J connectivity index is 2.40. The molecule has 1 N–H and O–H groups in total. The van der Waals surface area contributed by atoms with Crippen LogP contribution in [0.25, 0.3) is 0 Å². The highest BCUT2D eigenvalue weighted by Gasteiger charge is 2.04. The van der Waals surface area contributed by atoms with Gasteiger partial charge >= 0.3 is 0 Å². The summed E-state index contributed by atoms with van der Waals surface area (Å²) in [6.07, 6.45) is 2.59. The summed E-state index contributed by atoms with van der Waals surface area (Å²) in [5.74, 6) is 0. The lowest BCUT2D eigenvalue weighted by Crippen LogP contribution is -2.18. The Morgan fingerprint density at radius 1 is 1.29 bits per heavy atom. The van der Waals surface area contributed by atoms with Gasteiger partial charge in [-0.3, -0.25) is 4.39 Å². The van der Waals surface area contributed by atoms with Crippen molar-refractivity contribution < 1.29 is 4.39 Å². The molecule has 0 aliphatic rings. The third-order valence-electron chi connectivity index (χ3n) is 2.32. The van der Waals surface area contributed by atoms with Gasteiger partial charge in [0.1, 0.15) is 0 Å². The minimum absolute atomic E-state index is 0.215. The van der Waals surface area contributed by atoms with Gasteiger partial charge in [0.2, 0.25) is 0 Å². The fraction of sp³-hybridized carbons (Fsp3) is 0.500. The minimum atomic E-state index is -0.215. The number of para-hydroxylation sites is 1. The molecule has 0 aliphatic carbocycles. The Bertz CT molecular complexity index is 235. The van der Waals surface area contributed by atoms with Crippen molar-refractivity contribution in [3.63, 3.8) is 0 Å². The number of hydrogen-bond donors (Lipinski definition) is 1. The van der Waals surface area contributed by atoms with Crippen molar-refractivity contribution in [2.45, 2.75) is 32.2 Å². The van der Waals surface area contributed by atoms with Crippen LogP contribution < -0.4 is 5.32 Å². The highest BCUT2D eigenvalue weighted by molar-refractivity contribution is 5.43. The summed E-state index contributed by atoms with van der Waals surface area (Å²) in [7, 11) is 0. The highest BCUT2D eigenvalue weighted by atomic mass is 19.1. The van der Waals surface area contributed by atoms with Crippen LogP contribution in [-0.4, -0.2) is 12.7 Å². The van der Waals surface area contributed by atoms with Crippen LogP contribution in [0.5, 0.6) is 0 Å². The summed E-state index contributed by atoms with van der Waals surface area (Å²) in [6.45, 7) is 1.91. The summed E-state index contributed by atoms with van der Waals surface area (Å²) in [6, 6.07) is 10.5. The average molecular weight is 195 g/mol. The van der Waals surface area contributed by atoms with Crippen molar-refractivity contribution in [3.8, 4) is 0 Å². The fourth-order valence-electron chi connectivity index (χ4n) is 1.47. The second kappa shape index (κ2) is 6.41. The monoisotopic (exact) mass is 195 g/mol. The predicted molar refractivity (Wildman–Crippen MR) is 59.4 cm³/mol. The third kappa shape index (κ3) is 3.77. The topological polar surface area (TPSA) is 12.0 Å². The molecule has 1 nitrogen and oxygen atoms in total. The van der Waals surface area contributed by atoms with E-state index < -0.39 is 0 Å². The van der Waals surface area contributed by atoms with Crippen LogP contribution in [0.15, 0.2) is 30.3 Å².